The van der Waals surface area contributed by atoms with Crippen molar-refractivity contribution in [2.75, 3.05) is 30.8 Å². The summed E-state index contributed by atoms with van der Waals surface area (Å²) in [4.78, 5) is 39.8. The van der Waals surface area contributed by atoms with Crippen molar-refractivity contribution in [3.8, 4) is 0 Å². The predicted molar refractivity (Wildman–Crippen MR) is 133 cm³/mol. The van der Waals surface area contributed by atoms with Crippen LogP contribution in [0.1, 0.15) is 32.5 Å². The Balaban J connectivity index is 1.74. The van der Waals surface area contributed by atoms with Crippen molar-refractivity contribution < 1.29 is 19.1 Å². The molecule has 0 unspecified atom stereocenters. The fraction of sp³-hybridized carbons (Fsp3) is 0.208. The Hall–Kier alpha value is -3.30. The molecule has 172 valence electrons. The molecule has 0 saturated heterocycles. The van der Waals surface area contributed by atoms with E-state index in [0.29, 0.717) is 15.4 Å². The van der Waals surface area contributed by atoms with Crippen molar-refractivity contribution in [2.24, 2.45) is 0 Å². The molecule has 0 bridgehead atoms. The summed E-state index contributed by atoms with van der Waals surface area (Å²) >= 11 is 2.65. The Kier molecular flexibility index (Phi) is 8.51. The van der Waals surface area contributed by atoms with Gasteiger partial charge in [-0.1, -0.05) is 42.1 Å². The third kappa shape index (κ3) is 6.15. The van der Waals surface area contributed by atoms with Crippen molar-refractivity contribution >= 4 is 51.6 Å². The first-order valence-electron chi connectivity index (χ1n) is 10.3. The lowest BCUT2D eigenvalue weighted by atomic mass is 10.1. The molecule has 7 nitrogen and oxygen atoms in total. The van der Waals surface area contributed by atoms with Gasteiger partial charge in [0.05, 0.1) is 23.6 Å². The van der Waals surface area contributed by atoms with Gasteiger partial charge in [-0.05, 0) is 43.7 Å². The van der Waals surface area contributed by atoms with Gasteiger partial charge in [-0.15, -0.1) is 11.3 Å². The van der Waals surface area contributed by atoms with Crippen molar-refractivity contribution in [3.05, 3.63) is 70.6 Å². The molecule has 3 rings (SSSR count). The first-order chi connectivity index (χ1) is 15.9. The van der Waals surface area contributed by atoms with Crippen LogP contribution in [0.5, 0.6) is 0 Å². The van der Waals surface area contributed by atoms with E-state index < -0.39 is 5.97 Å². The fourth-order valence-electron chi connectivity index (χ4n) is 3.04. The van der Waals surface area contributed by atoms with Gasteiger partial charge in [0.15, 0.2) is 0 Å². The molecular formula is C24H25N3O4S2. The molecule has 33 heavy (non-hydrogen) atoms. The van der Waals surface area contributed by atoms with Crippen LogP contribution in [-0.4, -0.2) is 38.0 Å². The number of amides is 2. The van der Waals surface area contributed by atoms with Crippen molar-refractivity contribution in [1.82, 2.24) is 5.32 Å². The highest BCUT2D eigenvalue weighted by Crippen LogP contribution is 2.35. The lowest BCUT2D eigenvalue weighted by Crippen LogP contribution is -2.22. The van der Waals surface area contributed by atoms with Gasteiger partial charge >= 0.3 is 5.97 Å². The van der Waals surface area contributed by atoms with Gasteiger partial charge in [-0.2, -0.15) is 0 Å². The second-order valence-corrected chi connectivity index (χ2v) is 9.01. The average molecular weight is 484 g/mol. The smallest absolute Gasteiger partial charge is 0.341 e. The van der Waals surface area contributed by atoms with Crippen molar-refractivity contribution in [3.63, 3.8) is 0 Å². The maximum atomic E-state index is 12.7. The molecule has 2 aromatic carbocycles. The topological polar surface area (TPSA) is 96.5 Å². The molecular weight excluding hydrogens is 458 g/mol. The normalized spacial score (nSPS) is 10.4. The maximum Gasteiger partial charge on any atom is 0.341 e. The number of anilines is 2. The lowest BCUT2D eigenvalue weighted by molar-refractivity contribution is -0.114. The summed E-state index contributed by atoms with van der Waals surface area (Å²) in [5.74, 6) is -1.24. The van der Waals surface area contributed by atoms with Gasteiger partial charge in [0, 0.05) is 22.5 Å². The summed E-state index contributed by atoms with van der Waals surface area (Å²) in [5.41, 5.74) is 1.50. The number of hydrogen-bond donors (Lipinski definition) is 3. The van der Waals surface area contributed by atoms with Crippen LogP contribution in [0.15, 0.2) is 64.4 Å². The van der Waals surface area contributed by atoms with Gasteiger partial charge < -0.3 is 20.7 Å². The second kappa shape index (κ2) is 11.5. The van der Waals surface area contributed by atoms with Crippen LogP contribution < -0.4 is 16.0 Å². The second-order valence-electron chi connectivity index (χ2n) is 6.87. The maximum absolute atomic E-state index is 12.7. The van der Waals surface area contributed by atoms with Crippen LogP contribution in [0.3, 0.4) is 0 Å². The summed E-state index contributed by atoms with van der Waals surface area (Å²) in [5, 5.41) is 8.76. The third-order valence-electron chi connectivity index (χ3n) is 4.61. The predicted octanol–water partition coefficient (Wildman–Crippen LogP) is 4.79. The van der Waals surface area contributed by atoms with E-state index in [1.165, 1.54) is 7.05 Å². The first-order valence-corrected chi connectivity index (χ1v) is 12.0. The van der Waals surface area contributed by atoms with E-state index in [1.54, 1.807) is 25.6 Å². The number of nitrogens with one attached hydrogen (secondary N) is 3. The first kappa shape index (κ1) is 24.3. The molecule has 0 aliphatic heterocycles. The van der Waals surface area contributed by atoms with Gasteiger partial charge in [0.25, 0.3) is 5.91 Å². The van der Waals surface area contributed by atoms with E-state index in [0.717, 1.165) is 26.8 Å². The number of thiophene rings is 1. The summed E-state index contributed by atoms with van der Waals surface area (Å²) in [6.07, 6.45) is 0. The van der Waals surface area contributed by atoms with Crippen molar-refractivity contribution in [1.29, 1.82) is 0 Å². The van der Waals surface area contributed by atoms with E-state index in [9.17, 15) is 14.4 Å². The molecule has 0 spiro atoms. The van der Waals surface area contributed by atoms with E-state index in [2.05, 4.69) is 16.0 Å². The number of carbonyl (C=O) groups excluding carboxylic acids is 3. The number of hydrogen-bond acceptors (Lipinski definition) is 7. The minimum atomic E-state index is -0.575. The van der Waals surface area contributed by atoms with Gasteiger partial charge in [-0.3, -0.25) is 9.59 Å². The van der Waals surface area contributed by atoms with E-state index in [-0.39, 0.29) is 30.5 Å². The zero-order chi connectivity index (χ0) is 23.8. The fourth-order valence-corrected chi connectivity index (χ4v) is 5.15. The number of carbonyl (C=O) groups is 3. The molecule has 0 aliphatic carbocycles. The molecule has 0 radical (unpaired) electrons. The molecule has 0 atom stereocenters. The van der Waals surface area contributed by atoms with Crippen molar-refractivity contribution in [2.45, 2.75) is 23.6 Å². The molecule has 2 amide bonds. The van der Waals surface area contributed by atoms with Crippen LogP contribution in [0, 0.1) is 6.92 Å². The number of ether oxygens (including phenoxy) is 1. The van der Waals surface area contributed by atoms with Crippen LogP contribution in [0.4, 0.5) is 10.7 Å². The lowest BCUT2D eigenvalue weighted by Gasteiger charge is -2.12. The Morgan fingerprint density at radius 2 is 1.73 bits per heavy atom. The third-order valence-corrected chi connectivity index (χ3v) is 6.90. The van der Waals surface area contributed by atoms with Gasteiger partial charge in [0.2, 0.25) is 5.91 Å². The highest BCUT2D eigenvalue weighted by atomic mass is 32.2. The molecule has 0 fully saturated rings. The molecule has 9 heteroatoms. The number of rotatable bonds is 9. The summed E-state index contributed by atoms with van der Waals surface area (Å²) < 4.78 is 5.13. The van der Waals surface area contributed by atoms with Gasteiger partial charge in [0.1, 0.15) is 5.00 Å². The minimum absolute atomic E-state index is 0.0130. The number of esters is 1. The Morgan fingerprint density at radius 1 is 1.03 bits per heavy atom. The van der Waals surface area contributed by atoms with Crippen LogP contribution >= 0.6 is 23.1 Å². The van der Waals surface area contributed by atoms with Crippen LogP contribution in [0.25, 0.3) is 0 Å². The zero-order valence-electron chi connectivity index (χ0n) is 18.6. The molecule has 3 N–H and O–H groups in total. The summed E-state index contributed by atoms with van der Waals surface area (Å²) in [7, 11) is 1.51. The Morgan fingerprint density at radius 3 is 2.42 bits per heavy atom. The molecule has 0 saturated carbocycles. The average Bonchev–Trinajstić information content (AvgIpc) is 3.14. The standard InChI is InChI=1S/C24H25N3O4S2/c1-4-31-24(30)20-15(2)21(22(29)25-3)33-23(20)27-19(28)14-26-17-12-8-9-13-18(17)32-16-10-6-5-7-11-16/h5-13,26H,4,14H2,1-3H3,(H,25,29)(H,27,28). The zero-order valence-corrected chi connectivity index (χ0v) is 20.2. The monoisotopic (exact) mass is 483 g/mol. The number of para-hydroxylation sites is 1. The SMILES string of the molecule is CCOC(=O)c1c(NC(=O)CNc2ccccc2Sc2ccccc2)sc(C(=O)NC)c1C. The largest absolute Gasteiger partial charge is 0.462 e. The summed E-state index contributed by atoms with van der Waals surface area (Å²) in [6, 6.07) is 17.7. The Labute approximate surface area is 200 Å². The summed E-state index contributed by atoms with van der Waals surface area (Å²) in [6.45, 7) is 3.54. The van der Waals surface area contributed by atoms with Gasteiger partial charge in [-0.25, -0.2) is 4.79 Å². The highest BCUT2D eigenvalue weighted by molar-refractivity contribution is 7.99. The molecule has 3 aromatic rings. The highest BCUT2D eigenvalue weighted by Gasteiger charge is 2.26. The van der Waals surface area contributed by atoms with E-state index >= 15 is 0 Å². The van der Waals surface area contributed by atoms with E-state index in [4.69, 9.17) is 4.74 Å². The quantitative estimate of drug-likeness (QED) is 0.379. The van der Waals surface area contributed by atoms with E-state index in [1.807, 2.05) is 54.6 Å². The van der Waals surface area contributed by atoms with Crippen LogP contribution in [0.2, 0.25) is 0 Å². The Bertz CT molecular complexity index is 1150. The minimum Gasteiger partial charge on any atom is -0.462 e. The van der Waals surface area contributed by atoms with Crippen LogP contribution in [-0.2, 0) is 9.53 Å². The molecule has 0 aliphatic rings. The number of benzene rings is 2. The molecule has 1 heterocycles. The molecule has 1 aromatic heterocycles.